The summed E-state index contributed by atoms with van der Waals surface area (Å²) in [5, 5.41) is 4.59. The molecule has 0 bridgehead atoms. The summed E-state index contributed by atoms with van der Waals surface area (Å²) in [7, 11) is 0. The molecule has 0 aliphatic carbocycles. The van der Waals surface area contributed by atoms with Crippen LogP contribution in [0.5, 0.6) is 0 Å². The van der Waals surface area contributed by atoms with Crippen LogP contribution in [0, 0.1) is 0 Å². The fraction of sp³-hybridized carbons (Fsp3) is 0.438. The molecule has 0 saturated carbocycles. The minimum atomic E-state index is 0.321. The molecule has 0 atom stereocenters. The standard InChI is InChI=1S/C16H22N2O/c1-13(2)19-11-5-10-17-12-15-9-8-14-6-3-4-7-16(14)18-15/h3-4,6-9,13,17H,5,10-12H2,1-2H3. The van der Waals surface area contributed by atoms with E-state index >= 15 is 0 Å². The van der Waals surface area contributed by atoms with E-state index in [0.29, 0.717) is 6.10 Å². The second kappa shape index (κ2) is 7.22. The predicted octanol–water partition coefficient (Wildman–Crippen LogP) is 3.14. The van der Waals surface area contributed by atoms with Gasteiger partial charge in [0.05, 0.1) is 17.3 Å². The molecule has 0 saturated heterocycles. The molecule has 0 unspecified atom stereocenters. The second-order valence-electron chi connectivity index (χ2n) is 4.95. The monoisotopic (exact) mass is 258 g/mol. The lowest BCUT2D eigenvalue weighted by atomic mass is 10.2. The maximum absolute atomic E-state index is 5.50. The third kappa shape index (κ3) is 4.62. The van der Waals surface area contributed by atoms with E-state index in [1.54, 1.807) is 0 Å². The fourth-order valence-corrected chi connectivity index (χ4v) is 1.94. The Labute approximate surface area is 115 Å². The van der Waals surface area contributed by atoms with Crippen molar-refractivity contribution in [3.63, 3.8) is 0 Å². The van der Waals surface area contributed by atoms with Crippen molar-refractivity contribution in [3.05, 3.63) is 42.1 Å². The zero-order valence-corrected chi connectivity index (χ0v) is 11.7. The van der Waals surface area contributed by atoms with E-state index < -0.39 is 0 Å². The van der Waals surface area contributed by atoms with Crippen molar-refractivity contribution in [1.29, 1.82) is 0 Å². The highest BCUT2D eigenvalue weighted by molar-refractivity contribution is 5.78. The summed E-state index contributed by atoms with van der Waals surface area (Å²) in [5.41, 5.74) is 2.15. The number of hydrogen-bond donors (Lipinski definition) is 1. The summed E-state index contributed by atoms with van der Waals surface area (Å²) in [5.74, 6) is 0. The molecule has 0 fully saturated rings. The van der Waals surface area contributed by atoms with E-state index in [4.69, 9.17) is 4.74 Å². The Balaban J connectivity index is 1.75. The lowest BCUT2D eigenvalue weighted by Gasteiger charge is -2.08. The Morgan fingerprint density at radius 3 is 2.84 bits per heavy atom. The van der Waals surface area contributed by atoms with Crippen molar-refractivity contribution in [1.82, 2.24) is 10.3 Å². The average Bonchev–Trinajstić information content (AvgIpc) is 2.42. The van der Waals surface area contributed by atoms with Gasteiger partial charge in [0.2, 0.25) is 0 Å². The number of nitrogens with one attached hydrogen (secondary N) is 1. The number of rotatable bonds is 7. The average molecular weight is 258 g/mol. The van der Waals surface area contributed by atoms with Gasteiger partial charge in [-0.15, -0.1) is 0 Å². The number of fused-ring (bicyclic) bond motifs is 1. The molecule has 3 heteroatoms. The number of benzene rings is 1. The summed E-state index contributed by atoms with van der Waals surface area (Å²) in [6, 6.07) is 12.4. The Hall–Kier alpha value is -1.45. The van der Waals surface area contributed by atoms with Crippen LogP contribution in [0.15, 0.2) is 36.4 Å². The summed E-state index contributed by atoms with van der Waals surface area (Å²) < 4.78 is 5.50. The minimum Gasteiger partial charge on any atom is -0.379 e. The zero-order valence-electron chi connectivity index (χ0n) is 11.7. The van der Waals surface area contributed by atoms with E-state index in [2.05, 4.69) is 48.4 Å². The number of aromatic nitrogens is 1. The predicted molar refractivity (Wildman–Crippen MR) is 79.2 cm³/mol. The molecule has 1 N–H and O–H groups in total. The van der Waals surface area contributed by atoms with Crippen molar-refractivity contribution >= 4 is 10.9 Å². The first kappa shape index (κ1) is 14.0. The minimum absolute atomic E-state index is 0.321. The lowest BCUT2D eigenvalue weighted by Crippen LogP contribution is -2.18. The van der Waals surface area contributed by atoms with Gasteiger partial charge in [-0.3, -0.25) is 4.98 Å². The molecule has 3 nitrogen and oxygen atoms in total. The largest absolute Gasteiger partial charge is 0.379 e. The summed E-state index contributed by atoms with van der Waals surface area (Å²) >= 11 is 0. The third-order valence-electron chi connectivity index (χ3n) is 2.91. The molecule has 0 spiro atoms. The first-order valence-electron chi connectivity index (χ1n) is 6.92. The third-order valence-corrected chi connectivity index (χ3v) is 2.91. The number of ether oxygens (including phenoxy) is 1. The topological polar surface area (TPSA) is 34.1 Å². The molecular weight excluding hydrogens is 236 g/mol. The highest BCUT2D eigenvalue weighted by atomic mass is 16.5. The van der Waals surface area contributed by atoms with Crippen LogP contribution in [0.4, 0.5) is 0 Å². The van der Waals surface area contributed by atoms with E-state index in [1.807, 2.05) is 12.1 Å². The smallest absolute Gasteiger partial charge is 0.0705 e. The molecule has 19 heavy (non-hydrogen) atoms. The Morgan fingerprint density at radius 2 is 2.00 bits per heavy atom. The van der Waals surface area contributed by atoms with Crippen molar-refractivity contribution in [2.24, 2.45) is 0 Å². The molecular formula is C16H22N2O. The molecule has 0 radical (unpaired) electrons. The molecule has 0 amide bonds. The van der Waals surface area contributed by atoms with E-state index in [9.17, 15) is 0 Å². The van der Waals surface area contributed by atoms with Crippen LogP contribution in [-0.4, -0.2) is 24.2 Å². The maximum Gasteiger partial charge on any atom is 0.0705 e. The zero-order chi connectivity index (χ0) is 13.5. The first-order valence-corrected chi connectivity index (χ1v) is 6.92. The van der Waals surface area contributed by atoms with E-state index in [1.165, 1.54) is 5.39 Å². The molecule has 2 aromatic rings. The van der Waals surface area contributed by atoms with Crippen LogP contribution < -0.4 is 5.32 Å². The Bertz CT molecular complexity index is 511. The van der Waals surface area contributed by atoms with Gasteiger partial charge in [0.15, 0.2) is 0 Å². The van der Waals surface area contributed by atoms with Crippen LogP contribution in [0.1, 0.15) is 26.0 Å². The first-order chi connectivity index (χ1) is 9.25. The van der Waals surface area contributed by atoms with Gasteiger partial charge in [0.25, 0.3) is 0 Å². The highest BCUT2D eigenvalue weighted by Gasteiger charge is 1.98. The summed E-state index contributed by atoms with van der Waals surface area (Å²) in [4.78, 5) is 4.63. The van der Waals surface area contributed by atoms with Crippen LogP contribution in [0.25, 0.3) is 10.9 Å². The van der Waals surface area contributed by atoms with Crippen LogP contribution in [0.2, 0.25) is 0 Å². The molecule has 0 aliphatic rings. The van der Waals surface area contributed by atoms with Crippen LogP contribution in [-0.2, 0) is 11.3 Å². The van der Waals surface area contributed by atoms with Gasteiger partial charge in [-0.1, -0.05) is 24.3 Å². The molecule has 1 heterocycles. The SMILES string of the molecule is CC(C)OCCCNCc1ccc2ccccc2n1. The second-order valence-corrected chi connectivity index (χ2v) is 4.95. The number of hydrogen-bond acceptors (Lipinski definition) is 3. The Kier molecular flexibility index (Phi) is 5.31. The van der Waals surface area contributed by atoms with Gasteiger partial charge in [-0.2, -0.15) is 0 Å². The molecule has 102 valence electrons. The van der Waals surface area contributed by atoms with Crippen LogP contribution in [0.3, 0.4) is 0 Å². The van der Waals surface area contributed by atoms with E-state index in [0.717, 1.165) is 37.3 Å². The summed E-state index contributed by atoms with van der Waals surface area (Å²) in [6.07, 6.45) is 1.35. The van der Waals surface area contributed by atoms with Crippen molar-refractivity contribution in [2.45, 2.75) is 32.9 Å². The molecule has 1 aromatic heterocycles. The van der Waals surface area contributed by atoms with Crippen molar-refractivity contribution in [2.75, 3.05) is 13.2 Å². The van der Waals surface area contributed by atoms with Crippen molar-refractivity contribution < 1.29 is 4.74 Å². The van der Waals surface area contributed by atoms with Gasteiger partial charge >= 0.3 is 0 Å². The van der Waals surface area contributed by atoms with Gasteiger partial charge in [0.1, 0.15) is 0 Å². The normalized spacial score (nSPS) is 11.3. The maximum atomic E-state index is 5.50. The van der Waals surface area contributed by atoms with Gasteiger partial charge in [-0.05, 0) is 38.9 Å². The van der Waals surface area contributed by atoms with E-state index in [-0.39, 0.29) is 0 Å². The molecule has 1 aromatic carbocycles. The quantitative estimate of drug-likeness (QED) is 0.775. The lowest BCUT2D eigenvalue weighted by molar-refractivity contribution is 0.0770. The highest BCUT2D eigenvalue weighted by Crippen LogP contribution is 2.11. The van der Waals surface area contributed by atoms with Gasteiger partial charge in [0, 0.05) is 18.5 Å². The number of para-hydroxylation sites is 1. The van der Waals surface area contributed by atoms with Crippen molar-refractivity contribution in [3.8, 4) is 0 Å². The number of pyridine rings is 1. The summed E-state index contributed by atoms with van der Waals surface area (Å²) in [6.45, 7) is 6.71. The fourth-order valence-electron chi connectivity index (χ4n) is 1.94. The molecule has 0 aliphatic heterocycles. The Morgan fingerprint density at radius 1 is 1.16 bits per heavy atom. The van der Waals surface area contributed by atoms with Crippen LogP contribution >= 0.6 is 0 Å². The molecule has 2 rings (SSSR count). The van der Waals surface area contributed by atoms with Gasteiger partial charge in [-0.25, -0.2) is 0 Å². The number of nitrogens with zero attached hydrogens (tertiary/aromatic N) is 1. The van der Waals surface area contributed by atoms with Gasteiger partial charge < -0.3 is 10.1 Å².